The Morgan fingerprint density at radius 3 is 2.85 bits per heavy atom. The molecule has 0 saturated heterocycles. The molecule has 1 unspecified atom stereocenters. The molecule has 0 saturated carbocycles. The van der Waals surface area contributed by atoms with Crippen LogP contribution in [0.5, 0.6) is 5.75 Å². The summed E-state index contributed by atoms with van der Waals surface area (Å²) >= 11 is 5.24. The molecule has 0 radical (unpaired) electrons. The smallest absolute Gasteiger partial charge is 0.119 e. The number of hydrogen-bond acceptors (Lipinski definition) is 5. The van der Waals surface area contributed by atoms with E-state index in [9.17, 15) is 0 Å². The SMILES string of the molecule is COc1ccc(Br)c(CC(Cc2nc(C)cs2)NN)c1. The van der Waals surface area contributed by atoms with Gasteiger partial charge in [0.05, 0.1) is 12.1 Å². The third kappa shape index (κ3) is 4.02. The highest BCUT2D eigenvalue weighted by Gasteiger charge is 2.13. The van der Waals surface area contributed by atoms with E-state index in [1.165, 1.54) is 5.56 Å². The minimum Gasteiger partial charge on any atom is -0.497 e. The van der Waals surface area contributed by atoms with Gasteiger partial charge in [-0.1, -0.05) is 15.9 Å². The zero-order chi connectivity index (χ0) is 14.5. The highest BCUT2D eigenvalue weighted by molar-refractivity contribution is 9.10. The summed E-state index contributed by atoms with van der Waals surface area (Å²) in [7, 11) is 1.67. The summed E-state index contributed by atoms with van der Waals surface area (Å²) in [5.74, 6) is 6.53. The van der Waals surface area contributed by atoms with Crippen molar-refractivity contribution in [3.8, 4) is 5.75 Å². The second-order valence-electron chi connectivity index (χ2n) is 4.61. The van der Waals surface area contributed by atoms with Crippen LogP contribution in [0.25, 0.3) is 0 Å². The number of thiazole rings is 1. The molecule has 1 atom stereocenters. The van der Waals surface area contributed by atoms with E-state index in [0.717, 1.165) is 33.8 Å². The van der Waals surface area contributed by atoms with Crippen LogP contribution in [-0.2, 0) is 12.8 Å². The van der Waals surface area contributed by atoms with Gasteiger partial charge in [-0.2, -0.15) is 0 Å². The predicted octanol–water partition coefficient (Wildman–Crippen LogP) is 2.84. The van der Waals surface area contributed by atoms with E-state index in [-0.39, 0.29) is 6.04 Å². The number of ether oxygens (including phenoxy) is 1. The molecule has 3 N–H and O–H groups in total. The Balaban J connectivity index is 2.09. The Kier molecular flexibility index (Phi) is 5.54. The fourth-order valence-corrected chi connectivity index (χ4v) is 3.26. The van der Waals surface area contributed by atoms with Crippen molar-refractivity contribution < 1.29 is 4.74 Å². The molecule has 6 heteroatoms. The van der Waals surface area contributed by atoms with Crippen molar-refractivity contribution in [1.29, 1.82) is 0 Å². The lowest BCUT2D eigenvalue weighted by Crippen LogP contribution is -2.38. The number of aromatic nitrogens is 1. The number of hydrazine groups is 1. The fraction of sp³-hybridized carbons (Fsp3) is 0.357. The molecule has 0 fully saturated rings. The molecule has 0 spiro atoms. The maximum absolute atomic E-state index is 5.68. The maximum Gasteiger partial charge on any atom is 0.119 e. The van der Waals surface area contributed by atoms with Crippen LogP contribution in [-0.4, -0.2) is 18.1 Å². The van der Waals surface area contributed by atoms with Gasteiger partial charge in [0.2, 0.25) is 0 Å². The van der Waals surface area contributed by atoms with Crippen LogP contribution in [0.3, 0.4) is 0 Å². The number of halogens is 1. The third-order valence-corrected chi connectivity index (χ3v) is 4.81. The van der Waals surface area contributed by atoms with Gasteiger partial charge in [-0.05, 0) is 37.1 Å². The molecule has 1 aromatic heterocycles. The van der Waals surface area contributed by atoms with Crippen LogP contribution in [0.4, 0.5) is 0 Å². The molecule has 1 heterocycles. The fourth-order valence-electron chi connectivity index (χ4n) is 2.00. The molecule has 2 aromatic rings. The first-order chi connectivity index (χ1) is 9.62. The topological polar surface area (TPSA) is 60.2 Å². The Bertz CT molecular complexity index is 573. The van der Waals surface area contributed by atoms with Crippen molar-refractivity contribution in [1.82, 2.24) is 10.4 Å². The van der Waals surface area contributed by atoms with Crippen molar-refractivity contribution in [3.05, 3.63) is 44.3 Å². The normalized spacial score (nSPS) is 12.4. The lowest BCUT2D eigenvalue weighted by molar-refractivity contribution is 0.413. The predicted molar refractivity (Wildman–Crippen MR) is 86.1 cm³/mol. The Morgan fingerprint density at radius 1 is 1.45 bits per heavy atom. The molecule has 1 aromatic carbocycles. The third-order valence-electron chi connectivity index (χ3n) is 3.04. The lowest BCUT2D eigenvalue weighted by atomic mass is 10.0. The van der Waals surface area contributed by atoms with E-state index in [1.54, 1.807) is 18.4 Å². The Hall–Kier alpha value is -0.950. The highest BCUT2D eigenvalue weighted by atomic mass is 79.9. The monoisotopic (exact) mass is 355 g/mol. The summed E-state index contributed by atoms with van der Waals surface area (Å²) in [5.41, 5.74) is 5.10. The summed E-state index contributed by atoms with van der Waals surface area (Å²) < 4.78 is 6.33. The van der Waals surface area contributed by atoms with Gasteiger partial charge >= 0.3 is 0 Å². The second-order valence-corrected chi connectivity index (χ2v) is 6.41. The van der Waals surface area contributed by atoms with Crippen molar-refractivity contribution in [2.45, 2.75) is 25.8 Å². The summed E-state index contributed by atoms with van der Waals surface area (Å²) in [6.45, 7) is 2.00. The molecular weight excluding hydrogens is 338 g/mol. The van der Waals surface area contributed by atoms with Gasteiger partial charge in [0, 0.05) is 28.0 Å². The average molecular weight is 356 g/mol. The average Bonchev–Trinajstić information content (AvgIpc) is 2.85. The number of hydrogen-bond donors (Lipinski definition) is 2. The van der Waals surface area contributed by atoms with Crippen molar-refractivity contribution in [2.24, 2.45) is 5.84 Å². The van der Waals surface area contributed by atoms with E-state index < -0.39 is 0 Å². The number of nitrogens with two attached hydrogens (primary N) is 1. The van der Waals surface area contributed by atoms with Gasteiger partial charge < -0.3 is 4.74 Å². The molecule has 108 valence electrons. The van der Waals surface area contributed by atoms with Crippen LogP contribution >= 0.6 is 27.3 Å². The van der Waals surface area contributed by atoms with Gasteiger partial charge in [-0.3, -0.25) is 11.3 Å². The number of methoxy groups -OCH3 is 1. The summed E-state index contributed by atoms with van der Waals surface area (Å²) in [5, 5.41) is 3.16. The van der Waals surface area contributed by atoms with Gasteiger partial charge in [-0.15, -0.1) is 11.3 Å². The van der Waals surface area contributed by atoms with Crippen LogP contribution < -0.4 is 16.0 Å². The quantitative estimate of drug-likeness (QED) is 0.617. The number of nitrogens with zero attached hydrogens (tertiary/aromatic N) is 1. The first kappa shape index (κ1) is 15.4. The first-order valence-corrected chi connectivity index (χ1v) is 7.99. The maximum atomic E-state index is 5.68. The van der Waals surface area contributed by atoms with E-state index in [1.807, 2.05) is 25.1 Å². The van der Waals surface area contributed by atoms with Crippen LogP contribution in [0.2, 0.25) is 0 Å². The van der Waals surface area contributed by atoms with Crippen LogP contribution in [0, 0.1) is 6.92 Å². The summed E-state index contributed by atoms with van der Waals surface area (Å²) in [6, 6.07) is 6.10. The zero-order valence-corrected chi connectivity index (χ0v) is 13.9. The highest BCUT2D eigenvalue weighted by Crippen LogP contribution is 2.24. The van der Waals surface area contributed by atoms with E-state index in [0.29, 0.717) is 0 Å². The minimum atomic E-state index is 0.143. The second kappa shape index (κ2) is 7.17. The summed E-state index contributed by atoms with van der Waals surface area (Å²) in [4.78, 5) is 4.48. The van der Waals surface area contributed by atoms with Gasteiger partial charge in [-0.25, -0.2) is 4.98 Å². The van der Waals surface area contributed by atoms with Crippen LogP contribution in [0.1, 0.15) is 16.3 Å². The molecule has 2 rings (SSSR count). The van der Waals surface area contributed by atoms with Gasteiger partial charge in [0.15, 0.2) is 0 Å². The Labute approximate surface area is 131 Å². The molecule has 0 aliphatic rings. The van der Waals surface area contributed by atoms with Crippen LogP contribution in [0.15, 0.2) is 28.1 Å². The number of benzene rings is 1. The van der Waals surface area contributed by atoms with Crippen molar-refractivity contribution >= 4 is 27.3 Å². The number of nitrogens with one attached hydrogen (secondary N) is 1. The molecule has 0 bridgehead atoms. The lowest BCUT2D eigenvalue weighted by Gasteiger charge is -2.16. The summed E-state index contributed by atoms with van der Waals surface area (Å²) in [6.07, 6.45) is 1.63. The van der Waals surface area contributed by atoms with Crippen molar-refractivity contribution in [2.75, 3.05) is 7.11 Å². The number of rotatable bonds is 6. The van der Waals surface area contributed by atoms with E-state index in [2.05, 4.69) is 31.7 Å². The largest absolute Gasteiger partial charge is 0.497 e. The molecule has 4 nitrogen and oxygen atoms in total. The van der Waals surface area contributed by atoms with E-state index in [4.69, 9.17) is 10.6 Å². The zero-order valence-electron chi connectivity index (χ0n) is 11.5. The number of aryl methyl sites for hydroxylation is 1. The van der Waals surface area contributed by atoms with Gasteiger partial charge in [0.25, 0.3) is 0 Å². The standard InChI is InChI=1S/C14H18BrN3OS/c1-9-8-20-14(17-9)7-11(18-16)5-10-6-12(19-2)3-4-13(10)15/h3-4,6,8,11,18H,5,7,16H2,1-2H3. The first-order valence-electron chi connectivity index (χ1n) is 6.32. The molecule has 0 amide bonds. The minimum absolute atomic E-state index is 0.143. The Morgan fingerprint density at radius 2 is 2.25 bits per heavy atom. The van der Waals surface area contributed by atoms with E-state index >= 15 is 0 Å². The molecular formula is C14H18BrN3OS. The van der Waals surface area contributed by atoms with Crippen molar-refractivity contribution in [3.63, 3.8) is 0 Å². The molecule has 0 aliphatic carbocycles. The molecule has 0 aliphatic heterocycles. The van der Waals surface area contributed by atoms with Gasteiger partial charge in [0.1, 0.15) is 5.75 Å². The molecule has 20 heavy (non-hydrogen) atoms.